The van der Waals surface area contributed by atoms with E-state index in [4.69, 9.17) is 18.9 Å². The molecule has 4 rings (SSSR count). The van der Waals surface area contributed by atoms with Crippen molar-refractivity contribution in [1.82, 2.24) is 4.90 Å². The lowest BCUT2D eigenvalue weighted by Crippen LogP contribution is -2.40. The molecule has 1 amide bonds. The third kappa shape index (κ3) is 3.71. The lowest BCUT2D eigenvalue weighted by molar-refractivity contribution is -0.137. The zero-order chi connectivity index (χ0) is 20.4. The van der Waals surface area contributed by atoms with Crippen LogP contribution in [0.5, 0.6) is 23.0 Å². The van der Waals surface area contributed by atoms with Gasteiger partial charge in [0, 0.05) is 12.1 Å². The van der Waals surface area contributed by atoms with Crippen LogP contribution in [0.3, 0.4) is 0 Å². The molecule has 2 aliphatic rings. The number of carbonyl (C=O) groups is 1. The quantitative estimate of drug-likeness (QED) is 0.771. The van der Waals surface area contributed by atoms with Gasteiger partial charge in [-0.3, -0.25) is 4.79 Å². The van der Waals surface area contributed by atoms with Crippen molar-refractivity contribution in [3.05, 3.63) is 47.5 Å². The van der Waals surface area contributed by atoms with E-state index in [1.165, 1.54) is 0 Å². The second-order valence-corrected chi connectivity index (χ2v) is 7.48. The predicted molar refractivity (Wildman–Crippen MR) is 109 cm³/mol. The van der Waals surface area contributed by atoms with Crippen LogP contribution in [0.2, 0.25) is 0 Å². The number of hydrogen-bond acceptors (Lipinski definition) is 5. The van der Waals surface area contributed by atoms with E-state index in [2.05, 4.69) is 0 Å². The molecule has 0 aliphatic carbocycles. The minimum absolute atomic E-state index is 0.0146. The molecule has 0 aromatic heterocycles. The van der Waals surface area contributed by atoms with Crippen LogP contribution in [0.1, 0.15) is 30.0 Å². The van der Waals surface area contributed by atoms with Crippen molar-refractivity contribution in [3.8, 4) is 23.0 Å². The number of carbonyl (C=O) groups excluding carboxylic acids is 1. The maximum atomic E-state index is 13.4. The van der Waals surface area contributed by atoms with Crippen LogP contribution >= 0.6 is 0 Å². The van der Waals surface area contributed by atoms with Crippen molar-refractivity contribution in [2.45, 2.75) is 25.3 Å². The molecule has 0 bridgehead atoms. The highest BCUT2D eigenvalue weighted by Gasteiger charge is 2.37. The molecule has 6 nitrogen and oxygen atoms in total. The van der Waals surface area contributed by atoms with Crippen molar-refractivity contribution in [2.75, 3.05) is 34.5 Å². The number of ether oxygens (including phenoxy) is 4. The monoisotopic (exact) mass is 397 g/mol. The molecule has 29 heavy (non-hydrogen) atoms. The fourth-order valence-electron chi connectivity index (χ4n) is 4.34. The Kier molecular flexibility index (Phi) is 5.51. The van der Waals surface area contributed by atoms with Crippen molar-refractivity contribution in [2.24, 2.45) is 5.92 Å². The van der Waals surface area contributed by atoms with E-state index >= 15 is 0 Å². The third-order valence-electron chi connectivity index (χ3n) is 5.85. The van der Waals surface area contributed by atoms with Crippen LogP contribution in [0.25, 0.3) is 0 Å². The molecule has 2 aliphatic heterocycles. The van der Waals surface area contributed by atoms with Gasteiger partial charge in [-0.2, -0.15) is 0 Å². The summed E-state index contributed by atoms with van der Waals surface area (Å²) >= 11 is 0. The Morgan fingerprint density at radius 1 is 1.03 bits per heavy atom. The number of benzene rings is 2. The minimum Gasteiger partial charge on any atom is -0.497 e. The van der Waals surface area contributed by atoms with Gasteiger partial charge in [0.2, 0.25) is 5.91 Å². The first-order chi connectivity index (χ1) is 14.1. The largest absolute Gasteiger partial charge is 0.497 e. The van der Waals surface area contributed by atoms with Crippen molar-refractivity contribution in [1.29, 1.82) is 0 Å². The Balaban J connectivity index is 1.57. The van der Waals surface area contributed by atoms with Crippen LogP contribution in [0.4, 0.5) is 0 Å². The number of likely N-dealkylation sites (tertiary alicyclic amines) is 1. The number of nitrogens with zero attached hydrogens (tertiary/aromatic N) is 1. The molecule has 6 heteroatoms. The van der Waals surface area contributed by atoms with Crippen LogP contribution in [0, 0.1) is 5.92 Å². The maximum absolute atomic E-state index is 13.4. The van der Waals surface area contributed by atoms with Gasteiger partial charge in [0.25, 0.3) is 0 Å². The molecule has 2 aromatic carbocycles. The number of fused-ring (bicyclic) bond motifs is 1. The smallest absolute Gasteiger partial charge is 0.229 e. The zero-order valence-corrected chi connectivity index (χ0v) is 17.1. The van der Waals surface area contributed by atoms with E-state index in [1.54, 1.807) is 21.3 Å². The third-order valence-corrected chi connectivity index (χ3v) is 5.85. The summed E-state index contributed by atoms with van der Waals surface area (Å²) in [6.07, 6.45) is 2.53. The Hall–Kier alpha value is -2.89. The standard InChI is InChI=1S/C23H27NO5/c1-26-17-6-8-21-15(12-17)11-16(14-29-21)23(25)24-10-4-5-20(24)19-13-18(27-2)7-9-22(19)28-3/h6-9,12-13,16,20H,4-5,10-11,14H2,1-3H3/t16-,20+/m1/s1. The first kappa shape index (κ1) is 19.4. The molecule has 154 valence electrons. The molecule has 1 saturated heterocycles. The van der Waals surface area contributed by atoms with E-state index < -0.39 is 0 Å². The normalized spacial score (nSPS) is 20.6. The van der Waals surface area contributed by atoms with Crippen molar-refractivity contribution in [3.63, 3.8) is 0 Å². The van der Waals surface area contributed by atoms with E-state index in [9.17, 15) is 4.79 Å². The van der Waals surface area contributed by atoms with Crippen LogP contribution < -0.4 is 18.9 Å². The van der Waals surface area contributed by atoms with Gasteiger partial charge in [-0.1, -0.05) is 0 Å². The van der Waals surface area contributed by atoms with Gasteiger partial charge < -0.3 is 23.8 Å². The lowest BCUT2D eigenvalue weighted by Gasteiger charge is -2.32. The Bertz CT molecular complexity index is 897. The van der Waals surface area contributed by atoms with Gasteiger partial charge in [0.1, 0.15) is 29.6 Å². The molecule has 0 unspecified atom stereocenters. The topological polar surface area (TPSA) is 57.2 Å². The molecule has 0 spiro atoms. The summed E-state index contributed by atoms with van der Waals surface area (Å²) in [4.78, 5) is 15.4. The number of hydrogen-bond donors (Lipinski definition) is 0. The van der Waals surface area contributed by atoms with Gasteiger partial charge in [-0.05, 0) is 61.2 Å². The average Bonchev–Trinajstić information content (AvgIpc) is 3.27. The average molecular weight is 397 g/mol. The molecule has 2 aromatic rings. The maximum Gasteiger partial charge on any atom is 0.229 e. The first-order valence-electron chi connectivity index (χ1n) is 9.96. The molecule has 0 saturated carbocycles. The van der Waals surface area contributed by atoms with Gasteiger partial charge in [0.15, 0.2) is 0 Å². The molecule has 0 radical (unpaired) electrons. The summed E-state index contributed by atoms with van der Waals surface area (Å²) in [6.45, 7) is 1.14. The predicted octanol–water partition coefficient (Wildman–Crippen LogP) is 3.63. The number of amides is 1. The molecule has 1 fully saturated rings. The first-order valence-corrected chi connectivity index (χ1v) is 9.96. The number of rotatable bonds is 5. The zero-order valence-electron chi connectivity index (χ0n) is 17.1. The van der Waals surface area contributed by atoms with Crippen LogP contribution in [-0.4, -0.2) is 45.3 Å². The SMILES string of the molecule is COc1ccc2c(c1)C[C@@H](C(=O)N1CCC[C@H]1c1cc(OC)ccc1OC)CO2. The van der Waals surface area contributed by atoms with Crippen LogP contribution in [-0.2, 0) is 11.2 Å². The lowest BCUT2D eigenvalue weighted by atomic mass is 9.94. The summed E-state index contributed by atoms with van der Waals surface area (Å²) in [5, 5.41) is 0. The van der Waals surface area contributed by atoms with Crippen molar-refractivity contribution >= 4 is 5.91 Å². The second kappa shape index (κ2) is 8.23. The molecule has 2 atom stereocenters. The highest BCUT2D eigenvalue weighted by atomic mass is 16.5. The second-order valence-electron chi connectivity index (χ2n) is 7.48. The summed E-state index contributed by atoms with van der Waals surface area (Å²) in [5.41, 5.74) is 2.01. The summed E-state index contributed by atoms with van der Waals surface area (Å²) in [6, 6.07) is 11.5. The summed E-state index contributed by atoms with van der Waals surface area (Å²) < 4.78 is 22.2. The minimum atomic E-state index is -0.202. The summed E-state index contributed by atoms with van der Waals surface area (Å²) in [5.74, 6) is 3.09. The van der Waals surface area contributed by atoms with E-state index in [1.807, 2.05) is 41.3 Å². The van der Waals surface area contributed by atoms with Gasteiger partial charge in [-0.25, -0.2) is 0 Å². The number of methoxy groups -OCH3 is 3. The van der Waals surface area contributed by atoms with Gasteiger partial charge in [0.05, 0.1) is 33.3 Å². The molecular weight excluding hydrogens is 370 g/mol. The molecule has 2 heterocycles. The molecule has 0 N–H and O–H groups in total. The van der Waals surface area contributed by atoms with Crippen LogP contribution in [0.15, 0.2) is 36.4 Å². The fourth-order valence-corrected chi connectivity index (χ4v) is 4.34. The highest BCUT2D eigenvalue weighted by molar-refractivity contribution is 5.81. The van der Waals surface area contributed by atoms with E-state index in [0.29, 0.717) is 13.0 Å². The van der Waals surface area contributed by atoms with E-state index in [0.717, 1.165) is 53.5 Å². The summed E-state index contributed by atoms with van der Waals surface area (Å²) in [7, 11) is 4.95. The molecular formula is C23H27NO5. The Morgan fingerprint density at radius 3 is 2.55 bits per heavy atom. The Morgan fingerprint density at radius 2 is 1.79 bits per heavy atom. The van der Waals surface area contributed by atoms with Crippen molar-refractivity contribution < 1.29 is 23.7 Å². The Labute approximate surface area is 171 Å². The highest BCUT2D eigenvalue weighted by Crippen LogP contribution is 2.40. The fraction of sp³-hybridized carbons (Fsp3) is 0.435. The van der Waals surface area contributed by atoms with Gasteiger partial charge in [-0.15, -0.1) is 0 Å². The van der Waals surface area contributed by atoms with E-state index in [-0.39, 0.29) is 17.9 Å². The van der Waals surface area contributed by atoms with Gasteiger partial charge >= 0.3 is 0 Å².